The maximum absolute atomic E-state index is 11.0. The third kappa shape index (κ3) is 6.89. The summed E-state index contributed by atoms with van der Waals surface area (Å²) in [5, 5.41) is 29.2. The summed E-state index contributed by atoms with van der Waals surface area (Å²) in [4.78, 5) is 0. The predicted octanol–water partition coefficient (Wildman–Crippen LogP) is 6.93. The van der Waals surface area contributed by atoms with Gasteiger partial charge in [0.2, 0.25) is 0 Å². The maximum Gasteiger partial charge on any atom is 0.123 e. The van der Waals surface area contributed by atoms with Gasteiger partial charge in [-0.05, 0) is 41.4 Å². The summed E-state index contributed by atoms with van der Waals surface area (Å²) in [6, 6.07) is 18.7. The topological polar surface area (TPSA) is 64.5 Å². The maximum atomic E-state index is 11.0. The minimum absolute atomic E-state index is 0.0400. The Morgan fingerprint density at radius 2 is 1.17 bits per heavy atom. The number of hydrogen-bond donors (Lipinski definition) is 4. The second-order valence-electron chi connectivity index (χ2n) is 12.1. The number of benzene rings is 3. The molecule has 194 valence electrons. The van der Waals surface area contributed by atoms with Crippen LogP contribution in [0.5, 0.6) is 11.5 Å². The highest BCUT2D eigenvalue weighted by Crippen LogP contribution is 2.35. The molecule has 0 aliphatic heterocycles. The van der Waals surface area contributed by atoms with E-state index in [2.05, 4.69) is 102 Å². The van der Waals surface area contributed by atoms with Crippen molar-refractivity contribution in [3.05, 3.63) is 93.5 Å². The Kier molecular flexibility index (Phi) is 8.53. The SMILES string of the molecule is Cc1cc(CNC[C@H](NCc2cc(C)cc(C(C)(C)C)c2O)c2ccccc2)c(O)c(C(C)(C)C)c1. The number of aryl methyl sites for hydroxylation is 2. The fourth-order valence-corrected chi connectivity index (χ4v) is 4.70. The van der Waals surface area contributed by atoms with Gasteiger partial charge in [0.1, 0.15) is 11.5 Å². The molecule has 0 spiro atoms. The van der Waals surface area contributed by atoms with Crippen LogP contribution in [0.4, 0.5) is 0 Å². The van der Waals surface area contributed by atoms with Crippen molar-refractivity contribution in [1.29, 1.82) is 0 Å². The fraction of sp³-hybridized carbons (Fsp3) is 0.438. The summed E-state index contributed by atoms with van der Waals surface area (Å²) in [5.74, 6) is 0.754. The lowest BCUT2D eigenvalue weighted by molar-refractivity contribution is 0.424. The van der Waals surface area contributed by atoms with Gasteiger partial charge in [-0.2, -0.15) is 0 Å². The zero-order chi connectivity index (χ0) is 26.7. The fourth-order valence-electron chi connectivity index (χ4n) is 4.70. The zero-order valence-electron chi connectivity index (χ0n) is 23.3. The molecule has 0 aliphatic rings. The molecule has 0 saturated carbocycles. The molecule has 36 heavy (non-hydrogen) atoms. The van der Waals surface area contributed by atoms with Crippen LogP contribution in [-0.2, 0) is 23.9 Å². The van der Waals surface area contributed by atoms with Crippen LogP contribution in [0.15, 0.2) is 54.6 Å². The van der Waals surface area contributed by atoms with E-state index in [-0.39, 0.29) is 16.9 Å². The molecule has 3 rings (SSSR count). The van der Waals surface area contributed by atoms with E-state index in [1.807, 2.05) is 18.2 Å². The van der Waals surface area contributed by atoms with Gasteiger partial charge in [0.25, 0.3) is 0 Å². The average molecular weight is 489 g/mol. The van der Waals surface area contributed by atoms with Crippen molar-refractivity contribution >= 4 is 0 Å². The van der Waals surface area contributed by atoms with Crippen molar-refractivity contribution in [1.82, 2.24) is 10.6 Å². The van der Waals surface area contributed by atoms with Crippen molar-refractivity contribution in [2.45, 2.75) is 85.4 Å². The highest BCUT2D eigenvalue weighted by molar-refractivity contribution is 5.48. The molecule has 0 unspecified atom stereocenters. The van der Waals surface area contributed by atoms with Crippen LogP contribution in [0.25, 0.3) is 0 Å². The van der Waals surface area contributed by atoms with Gasteiger partial charge < -0.3 is 20.8 Å². The van der Waals surface area contributed by atoms with Gasteiger partial charge in [0.05, 0.1) is 0 Å². The molecule has 0 aromatic heterocycles. The average Bonchev–Trinajstić information content (AvgIpc) is 2.79. The highest BCUT2D eigenvalue weighted by Gasteiger charge is 2.22. The van der Waals surface area contributed by atoms with Gasteiger partial charge in [-0.1, -0.05) is 107 Å². The number of rotatable bonds is 8. The summed E-state index contributed by atoms with van der Waals surface area (Å²) >= 11 is 0. The lowest BCUT2D eigenvalue weighted by Crippen LogP contribution is -2.31. The van der Waals surface area contributed by atoms with Crippen molar-refractivity contribution < 1.29 is 10.2 Å². The smallest absolute Gasteiger partial charge is 0.123 e. The van der Waals surface area contributed by atoms with Gasteiger partial charge in [-0.15, -0.1) is 0 Å². The summed E-state index contributed by atoms with van der Waals surface area (Å²) < 4.78 is 0. The van der Waals surface area contributed by atoms with Gasteiger partial charge in [-0.3, -0.25) is 0 Å². The summed E-state index contributed by atoms with van der Waals surface area (Å²) in [5.41, 5.74) is 6.99. The number of phenols is 2. The Hall–Kier alpha value is -2.82. The quantitative estimate of drug-likeness (QED) is 0.278. The first kappa shape index (κ1) is 27.8. The normalized spacial score (nSPS) is 13.1. The van der Waals surface area contributed by atoms with E-state index in [0.29, 0.717) is 31.1 Å². The second-order valence-corrected chi connectivity index (χ2v) is 12.1. The predicted molar refractivity (Wildman–Crippen MR) is 151 cm³/mol. The van der Waals surface area contributed by atoms with Crippen molar-refractivity contribution in [3.8, 4) is 11.5 Å². The summed E-state index contributed by atoms with van der Waals surface area (Å²) in [7, 11) is 0. The number of nitrogens with one attached hydrogen (secondary N) is 2. The molecule has 0 bridgehead atoms. The number of hydrogen-bond acceptors (Lipinski definition) is 4. The first-order valence-electron chi connectivity index (χ1n) is 12.9. The summed E-state index contributed by atoms with van der Waals surface area (Å²) in [6.45, 7) is 18.7. The van der Waals surface area contributed by atoms with E-state index in [4.69, 9.17) is 0 Å². The standard InChI is InChI=1S/C32H44N2O2/c1-21-14-24(29(35)26(16-21)31(3,4)5)18-33-20-28(23-12-10-9-11-13-23)34-19-25-15-22(2)17-27(30(25)36)32(6,7)8/h9-17,28,33-36H,18-20H2,1-8H3/t28-/m0/s1. The molecule has 1 atom stereocenters. The number of aromatic hydroxyl groups is 2. The van der Waals surface area contributed by atoms with Crippen LogP contribution >= 0.6 is 0 Å². The van der Waals surface area contributed by atoms with Gasteiger partial charge >= 0.3 is 0 Å². The molecule has 0 aliphatic carbocycles. The highest BCUT2D eigenvalue weighted by atomic mass is 16.3. The Morgan fingerprint density at radius 1 is 0.694 bits per heavy atom. The molecule has 4 heteroatoms. The Labute approximate surface area is 217 Å². The van der Waals surface area contributed by atoms with Gasteiger partial charge in [0.15, 0.2) is 0 Å². The van der Waals surface area contributed by atoms with E-state index >= 15 is 0 Å². The van der Waals surface area contributed by atoms with Crippen molar-refractivity contribution in [2.24, 2.45) is 0 Å². The van der Waals surface area contributed by atoms with Crippen molar-refractivity contribution in [2.75, 3.05) is 6.54 Å². The van der Waals surface area contributed by atoms with Crippen LogP contribution in [0.1, 0.15) is 86.5 Å². The van der Waals surface area contributed by atoms with Crippen LogP contribution in [-0.4, -0.2) is 16.8 Å². The minimum atomic E-state index is -0.132. The lowest BCUT2D eigenvalue weighted by Gasteiger charge is -2.25. The van der Waals surface area contributed by atoms with Crippen LogP contribution in [0.3, 0.4) is 0 Å². The molecule has 4 N–H and O–H groups in total. The van der Waals surface area contributed by atoms with E-state index in [1.165, 1.54) is 5.56 Å². The molecule has 3 aromatic rings. The largest absolute Gasteiger partial charge is 0.507 e. The van der Waals surface area contributed by atoms with E-state index in [1.54, 1.807) is 0 Å². The molecule has 0 heterocycles. The third-order valence-electron chi connectivity index (χ3n) is 6.69. The zero-order valence-corrected chi connectivity index (χ0v) is 23.3. The second kappa shape index (κ2) is 11.1. The van der Waals surface area contributed by atoms with E-state index in [9.17, 15) is 10.2 Å². The third-order valence-corrected chi connectivity index (χ3v) is 6.69. The lowest BCUT2D eigenvalue weighted by atomic mass is 9.84. The first-order valence-corrected chi connectivity index (χ1v) is 12.9. The molecule has 4 nitrogen and oxygen atoms in total. The Bertz CT molecular complexity index is 1170. The monoisotopic (exact) mass is 488 g/mol. The van der Waals surface area contributed by atoms with Gasteiger partial charge in [0, 0.05) is 36.8 Å². The Morgan fingerprint density at radius 3 is 1.64 bits per heavy atom. The molecular weight excluding hydrogens is 444 g/mol. The van der Waals surface area contributed by atoms with Crippen LogP contribution in [0, 0.1) is 13.8 Å². The van der Waals surface area contributed by atoms with Crippen LogP contribution in [0.2, 0.25) is 0 Å². The molecule has 0 saturated heterocycles. The minimum Gasteiger partial charge on any atom is -0.507 e. The summed E-state index contributed by atoms with van der Waals surface area (Å²) in [6.07, 6.45) is 0. The van der Waals surface area contributed by atoms with Crippen LogP contribution < -0.4 is 10.6 Å². The molecule has 3 aromatic carbocycles. The molecule has 0 amide bonds. The van der Waals surface area contributed by atoms with Gasteiger partial charge in [-0.25, -0.2) is 0 Å². The number of phenolic OH excluding ortho intramolecular Hbond substituents is 2. The molecule has 0 fully saturated rings. The first-order chi connectivity index (χ1) is 16.8. The van der Waals surface area contributed by atoms with E-state index < -0.39 is 0 Å². The van der Waals surface area contributed by atoms with E-state index in [0.717, 1.165) is 33.4 Å². The molecular formula is C32H44N2O2. The van der Waals surface area contributed by atoms with Crippen molar-refractivity contribution in [3.63, 3.8) is 0 Å². The Balaban J connectivity index is 1.79. The molecule has 0 radical (unpaired) electrons.